The number of methoxy groups -OCH3 is 1. The highest BCUT2D eigenvalue weighted by Crippen LogP contribution is 2.11. The van der Waals surface area contributed by atoms with E-state index in [1.165, 1.54) is 6.08 Å². The Morgan fingerprint density at radius 2 is 2.29 bits per heavy atom. The Hall–Kier alpha value is -1.88. The SMILES string of the molecule is CC=CC(=O)Nc1ccc(OCCOC)nc1. The Morgan fingerprint density at radius 3 is 2.88 bits per heavy atom. The van der Waals surface area contributed by atoms with Crippen LogP contribution in [0, 0.1) is 0 Å². The third kappa shape index (κ3) is 5.12. The number of hydrogen-bond acceptors (Lipinski definition) is 4. The van der Waals surface area contributed by atoms with Crippen molar-refractivity contribution in [1.29, 1.82) is 0 Å². The van der Waals surface area contributed by atoms with Crippen LogP contribution in [0.25, 0.3) is 0 Å². The summed E-state index contributed by atoms with van der Waals surface area (Å²) in [6.45, 7) is 2.75. The van der Waals surface area contributed by atoms with E-state index in [4.69, 9.17) is 9.47 Å². The molecule has 0 unspecified atom stereocenters. The van der Waals surface area contributed by atoms with Crippen LogP contribution in [0.3, 0.4) is 0 Å². The molecule has 0 spiro atoms. The molecule has 1 aromatic rings. The Labute approximate surface area is 100 Å². The molecule has 1 aromatic heterocycles. The number of rotatable bonds is 6. The second-order valence-corrected chi connectivity index (χ2v) is 3.22. The van der Waals surface area contributed by atoms with Gasteiger partial charge in [0.25, 0.3) is 0 Å². The normalized spacial score (nSPS) is 10.5. The largest absolute Gasteiger partial charge is 0.475 e. The maximum atomic E-state index is 11.2. The highest BCUT2D eigenvalue weighted by Gasteiger charge is 1.99. The zero-order chi connectivity index (χ0) is 12.5. The molecule has 0 aromatic carbocycles. The zero-order valence-corrected chi connectivity index (χ0v) is 9.97. The van der Waals surface area contributed by atoms with E-state index in [-0.39, 0.29) is 5.91 Å². The Bertz CT molecular complexity index is 374. The Kier molecular flexibility index (Phi) is 5.74. The van der Waals surface area contributed by atoms with Crippen LogP contribution in [-0.4, -0.2) is 31.2 Å². The summed E-state index contributed by atoms with van der Waals surface area (Å²) in [4.78, 5) is 15.3. The van der Waals surface area contributed by atoms with Gasteiger partial charge in [-0.15, -0.1) is 0 Å². The fourth-order valence-corrected chi connectivity index (χ4v) is 1.10. The van der Waals surface area contributed by atoms with E-state index in [0.717, 1.165) is 0 Å². The van der Waals surface area contributed by atoms with Gasteiger partial charge in [-0.1, -0.05) is 6.08 Å². The third-order valence-electron chi connectivity index (χ3n) is 1.86. The molecule has 0 saturated heterocycles. The fourth-order valence-electron chi connectivity index (χ4n) is 1.10. The van der Waals surface area contributed by atoms with Crippen LogP contribution in [0.2, 0.25) is 0 Å². The molecule has 1 amide bonds. The highest BCUT2D eigenvalue weighted by molar-refractivity contribution is 5.99. The first kappa shape index (κ1) is 13.2. The fraction of sp³-hybridized carbons (Fsp3) is 0.333. The van der Waals surface area contributed by atoms with Gasteiger partial charge in [0.15, 0.2) is 0 Å². The number of carbonyl (C=O) groups excluding carboxylic acids is 1. The maximum Gasteiger partial charge on any atom is 0.248 e. The molecule has 5 heteroatoms. The van der Waals surface area contributed by atoms with Crippen molar-refractivity contribution in [3.8, 4) is 5.88 Å². The molecular formula is C12H16N2O3. The van der Waals surface area contributed by atoms with Crippen LogP contribution in [-0.2, 0) is 9.53 Å². The van der Waals surface area contributed by atoms with Gasteiger partial charge in [0.05, 0.1) is 18.5 Å². The summed E-state index contributed by atoms with van der Waals surface area (Å²) in [7, 11) is 1.61. The molecule has 0 radical (unpaired) electrons. The minimum Gasteiger partial charge on any atom is -0.475 e. The number of aromatic nitrogens is 1. The number of ether oxygens (including phenoxy) is 2. The van der Waals surface area contributed by atoms with E-state index >= 15 is 0 Å². The number of nitrogens with one attached hydrogen (secondary N) is 1. The summed E-state index contributed by atoms with van der Waals surface area (Å²) in [6.07, 6.45) is 4.66. The number of amides is 1. The van der Waals surface area contributed by atoms with Crippen LogP contribution in [0.5, 0.6) is 5.88 Å². The van der Waals surface area contributed by atoms with Gasteiger partial charge in [-0.05, 0) is 19.1 Å². The van der Waals surface area contributed by atoms with E-state index in [1.54, 1.807) is 38.4 Å². The maximum absolute atomic E-state index is 11.2. The predicted octanol–water partition coefficient (Wildman–Crippen LogP) is 1.62. The summed E-state index contributed by atoms with van der Waals surface area (Å²) in [5.74, 6) is 0.327. The second kappa shape index (κ2) is 7.40. The van der Waals surface area contributed by atoms with Crippen LogP contribution in [0.4, 0.5) is 5.69 Å². The number of allylic oxidation sites excluding steroid dienone is 1. The molecule has 1 N–H and O–H groups in total. The van der Waals surface area contributed by atoms with Crippen LogP contribution in [0.1, 0.15) is 6.92 Å². The van der Waals surface area contributed by atoms with E-state index in [2.05, 4.69) is 10.3 Å². The van der Waals surface area contributed by atoms with Crippen molar-refractivity contribution in [2.24, 2.45) is 0 Å². The van der Waals surface area contributed by atoms with Gasteiger partial charge in [-0.2, -0.15) is 0 Å². The highest BCUT2D eigenvalue weighted by atomic mass is 16.5. The van der Waals surface area contributed by atoms with Crippen LogP contribution in [0.15, 0.2) is 30.5 Å². The minimum absolute atomic E-state index is 0.178. The lowest BCUT2D eigenvalue weighted by atomic mass is 10.4. The molecule has 0 aliphatic heterocycles. The number of pyridine rings is 1. The molecule has 17 heavy (non-hydrogen) atoms. The zero-order valence-electron chi connectivity index (χ0n) is 9.97. The molecule has 0 aliphatic carbocycles. The monoisotopic (exact) mass is 236 g/mol. The van der Waals surface area contributed by atoms with E-state index in [1.807, 2.05) is 0 Å². The molecular weight excluding hydrogens is 220 g/mol. The number of nitrogens with zero attached hydrogens (tertiary/aromatic N) is 1. The first-order chi connectivity index (χ1) is 8.26. The van der Waals surface area contributed by atoms with Gasteiger partial charge in [0, 0.05) is 13.2 Å². The Morgan fingerprint density at radius 1 is 1.47 bits per heavy atom. The average molecular weight is 236 g/mol. The molecule has 1 rings (SSSR count). The number of carbonyl (C=O) groups is 1. The van der Waals surface area contributed by atoms with Gasteiger partial charge in [0.2, 0.25) is 11.8 Å². The van der Waals surface area contributed by atoms with Gasteiger partial charge in [-0.3, -0.25) is 4.79 Å². The van der Waals surface area contributed by atoms with Crippen LogP contribution >= 0.6 is 0 Å². The first-order valence-corrected chi connectivity index (χ1v) is 5.27. The van der Waals surface area contributed by atoms with Crippen molar-refractivity contribution in [2.75, 3.05) is 25.6 Å². The van der Waals surface area contributed by atoms with E-state index in [0.29, 0.717) is 24.8 Å². The Balaban J connectivity index is 2.47. The molecule has 0 bridgehead atoms. The molecule has 5 nitrogen and oxygen atoms in total. The lowest BCUT2D eigenvalue weighted by Crippen LogP contribution is -2.08. The van der Waals surface area contributed by atoms with Gasteiger partial charge < -0.3 is 14.8 Å². The van der Waals surface area contributed by atoms with Crippen molar-refractivity contribution in [2.45, 2.75) is 6.92 Å². The molecule has 0 fully saturated rings. The average Bonchev–Trinajstić information content (AvgIpc) is 2.32. The van der Waals surface area contributed by atoms with Crippen molar-refractivity contribution in [1.82, 2.24) is 4.98 Å². The van der Waals surface area contributed by atoms with Crippen LogP contribution < -0.4 is 10.1 Å². The summed E-state index contributed by atoms with van der Waals surface area (Å²) in [5.41, 5.74) is 0.632. The predicted molar refractivity (Wildman–Crippen MR) is 65.1 cm³/mol. The second-order valence-electron chi connectivity index (χ2n) is 3.22. The molecule has 0 atom stereocenters. The topological polar surface area (TPSA) is 60.5 Å². The number of anilines is 1. The molecule has 0 aliphatic rings. The van der Waals surface area contributed by atoms with Crippen molar-refractivity contribution in [3.63, 3.8) is 0 Å². The summed E-state index contributed by atoms with van der Waals surface area (Å²) >= 11 is 0. The van der Waals surface area contributed by atoms with Gasteiger partial charge in [0.1, 0.15) is 6.61 Å². The van der Waals surface area contributed by atoms with E-state index in [9.17, 15) is 4.79 Å². The van der Waals surface area contributed by atoms with E-state index < -0.39 is 0 Å². The molecule has 0 saturated carbocycles. The summed E-state index contributed by atoms with van der Waals surface area (Å²) in [6, 6.07) is 3.43. The first-order valence-electron chi connectivity index (χ1n) is 5.27. The lowest BCUT2D eigenvalue weighted by Gasteiger charge is -2.05. The lowest BCUT2D eigenvalue weighted by molar-refractivity contribution is -0.111. The van der Waals surface area contributed by atoms with Crippen molar-refractivity contribution in [3.05, 3.63) is 30.5 Å². The standard InChI is InChI=1S/C12H16N2O3/c1-3-4-11(15)14-10-5-6-12(13-9-10)17-8-7-16-2/h3-6,9H,7-8H2,1-2H3,(H,14,15). The van der Waals surface area contributed by atoms with Gasteiger partial charge >= 0.3 is 0 Å². The minimum atomic E-state index is -0.178. The number of hydrogen-bond donors (Lipinski definition) is 1. The summed E-state index contributed by atoms with van der Waals surface area (Å²) < 4.78 is 10.1. The quantitative estimate of drug-likeness (QED) is 0.602. The smallest absolute Gasteiger partial charge is 0.248 e. The van der Waals surface area contributed by atoms with Crippen molar-refractivity contribution >= 4 is 11.6 Å². The molecule has 92 valence electrons. The summed E-state index contributed by atoms with van der Waals surface area (Å²) in [5, 5.41) is 2.67. The van der Waals surface area contributed by atoms with Gasteiger partial charge in [-0.25, -0.2) is 4.98 Å². The third-order valence-corrected chi connectivity index (χ3v) is 1.86. The van der Waals surface area contributed by atoms with Crippen molar-refractivity contribution < 1.29 is 14.3 Å². The molecule has 1 heterocycles.